The molecule has 2 amide bonds. The summed E-state index contributed by atoms with van der Waals surface area (Å²) in [6.07, 6.45) is 13.1. The summed E-state index contributed by atoms with van der Waals surface area (Å²) in [5, 5.41) is 15.9. The van der Waals surface area contributed by atoms with Gasteiger partial charge in [0.2, 0.25) is 11.8 Å². The van der Waals surface area contributed by atoms with Gasteiger partial charge in [0.05, 0.1) is 13.2 Å². The number of rotatable bonds is 11. The van der Waals surface area contributed by atoms with E-state index in [-0.39, 0.29) is 23.7 Å². The third-order valence-corrected chi connectivity index (χ3v) is 5.68. The van der Waals surface area contributed by atoms with Crippen LogP contribution in [0.2, 0.25) is 0 Å². The molecule has 0 aromatic rings. The van der Waals surface area contributed by atoms with Crippen LogP contribution in [0.1, 0.15) is 53.9 Å². The highest BCUT2D eigenvalue weighted by Gasteiger charge is 2.32. The number of cyclic esters (lactones) is 1. The van der Waals surface area contributed by atoms with Gasteiger partial charge in [0.1, 0.15) is 12.1 Å². The van der Waals surface area contributed by atoms with E-state index < -0.39 is 29.4 Å². The number of hydrogen-bond acceptors (Lipinski definition) is 6. The third kappa shape index (κ3) is 12.8. The number of methoxy groups -OCH3 is 1. The van der Waals surface area contributed by atoms with Gasteiger partial charge in [-0.3, -0.25) is 9.59 Å². The first-order valence-electron chi connectivity index (χ1n) is 12.4. The lowest BCUT2D eigenvalue weighted by Gasteiger charge is -2.29. The molecule has 38 heavy (non-hydrogen) atoms. The first-order chi connectivity index (χ1) is 17.8. The summed E-state index contributed by atoms with van der Waals surface area (Å²) in [7, 11) is 1.43. The van der Waals surface area contributed by atoms with Gasteiger partial charge in [0, 0.05) is 23.4 Å². The number of aliphatic hydroxyl groups excluding tert-OH is 1. The van der Waals surface area contributed by atoms with E-state index in [9.17, 15) is 19.5 Å². The number of amides is 2. The van der Waals surface area contributed by atoms with Crippen LogP contribution >= 0.6 is 11.6 Å². The van der Waals surface area contributed by atoms with Gasteiger partial charge in [-0.2, -0.15) is 0 Å². The fourth-order valence-corrected chi connectivity index (χ4v) is 3.38. The number of ether oxygens (including phenoxy) is 2. The molecule has 0 radical (unpaired) electrons. The van der Waals surface area contributed by atoms with Crippen molar-refractivity contribution in [3.63, 3.8) is 0 Å². The number of allylic oxidation sites excluding steroid dienone is 3. The van der Waals surface area contributed by atoms with Crippen molar-refractivity contribution < 1.29 is 29.0 Å². The topological polar surface area (TPSA) is 114 Å². The lowest BCUT2D eigenvalue weighted by molar-refractivity contribution is -0.151. The minimum absolute atomic E-state index is 0.0507. The van der Waals surface area contributed by atoms with Crippen LogP contribution in [0.3, 0.4) is 0 Å². The second-order valence-electron chi connectivity index (χ2n) is 9.93. The van der Waals surface area contributed by atoms with Crippen molar-refractivity contribution in [3.8, 4) is 11.8 Å². The molecule has 0 unspecified atom stereocenters. The lowest BCUT2D eigenvalue weighted by Crippen LogP contribution is -2.52. The zero-order valence-electron chi connectivity index (χ0n) is 22.9. The van der Waals surface area contributed by atoms with Gasteiger partial charge in [-0.25, -0.2) is 4.79 Å². The molecule has 208 valence electrons. The van der Waals surface area contributed by atoms with Crippen LogP contribution < -0.4 is 10.6 Å². The Balaban J connectivity index is 2.59. The van der Waals surface area contributed by atoms with Gasteiger partial charge in [-0.15, -0.1) is 0 Å². The van der Waals surface area contributed by atoms with Crippen molar-refractivity contribution in [2.24, 2.45) is 11.3 Å². The second-order valence-corrected chi connectivity index (χ2v) is 10.5. The standard InChI is InChI=1S/C29H39ClN2O6/c1-20(23-17-18-24(37-6)28(36)38-23)12-9-7-8-10-14-25(34)32-26(29(3,4)5)27(35)31-19-11-13-22(33)16-15-21(2)30/h9-12,14-15,18-20,22-23,26,33H,13,16-17H2,1-6H3,(H,31,35)(H,32,34)/b12-9+,14-10+,19-11-,21-15+/t20-,22+,23-,26+/m0/s1. The molecule has 1 aliphatic heterocycles. The third-order valence-electron chi connectivity index (χ3n) is 5.52. The Morgan fingerprint density at radius 3 is 2.58 bits per heavy atom. The molecule has 4 atom stereocenters. The van der Waals surface area contributed by atoms with Crippen LogP contribution in [0, 0.1) is 23.2 Å². The minimum Gasteiger partial charge on any atom is -0.490 e. The van der Waals surface area contributed by atoms with E-state index >= 15 is 0 Å². The summed E-state index contributed by atoms with van der Waals surface area (Å²) < 4.78 is 10.3. The van der Waals surface area contributed by atoms with Crippen molar-refractivity contribution in [1.29, 1.82) is 0 Å². The van der Waals surface area contributed by atoms with Crippen LogP contribution in [-0.4, -0.2) is 48.2 Å². The highest BCUT2D eigenvalue weighted by molar-refractivity contribution is 6.29. The maximum atomic E-state index is 12.7. The Bertz CT molecular complexity index is 1040. The number of halogens is 1. The van der Waals surface area contributed by atoms with Crippen molar-refractivity contribution in [1.82, 2.24) is 10.6 Å². The molecule has 0 spiro atoms. The van der Waals surface area contributed by atoms with Crippen molar-refractivity contribution in [3.05, 3.63) is 59.5 Å². The van der Waals surface area contributed by atoms with Crippen molar-refractivity contribution in [2.45, 2.75) is 72.1 Å². The van der Waals surface area contributed by atoms with Gasteiger partial charge in [-0.05, 0) is 49.6 Å². The van der Waals surface area contributed by atoms with E-state index in [1.54, 1.807) is 31.2 Å². The van der Waals surface area contributed by atoms with Gasteiger partial charge >= 0.3 is 5.97 Å². The van der Waals surface area contributed by atoms with Gasteiger partial charge in [0.15, 0.2) is 5.76 Å². The van der Waals surface area contributed by atoms with Crippen LogP contribution in [0.15, 0.2) is 59.5 Å². The minimum atomic E-state index is -0.796. The number of carbonyl (C=O) groups is 3. The van der Waals surface area contributed by atoms with E-state index in [0.717, 1.165) is 0 Å². The zero-order valence-corrected chi connectivity index (χ0v) is 23.7. The van der Waals surface area contributed by atoms with Crippen LogP contribution in [-0.2, 0) is 23.9 Å². The molecule has 0 saturated heterocycles. The monoisotopic (exact) mass is 546 g/mol. The summed E-state index contributed by atoms with van der Waals surface area (Å²) in [5.74, 6) is 4.41. The Kier molecular flexibility index (Phi) is 14.3. The lowest BCUT2D eigenvalue weighted by atomic mass is 9.86. The molecule has 1 heterocycles. The normalized spacial score (nSPS) is 18.8. The molecule has 9 heteroatoms. The van der Waals surface area contributed by atoms with E-state index in [1.807, 2.05) is 33.8 Å². The molecule has 0 aromatic heterocycles. The average Bonchev–Trinajstić information content (AvgIpc) is 2.84. The Hall–Kier alpha value is -3.28. The molecule has 1 aliphatic rings. The molecular weight excluding hydrogens is 508 g/mol. The molecule has 0 fully saturated rings. The number of nitrogens with one attached hydrogen (secondary N) is 2. The molecule has 8 nitrogen and oxygen atoms in total. The smallest absolute Gasteiger partial charge is 0.373 e. The van der Waals surface area contributed by atoms with Gasteiger partial charge in [0.25, 0.3) is 0 Å². The molecular formula is C29H39ClN2O6. The first kappa shape index (κ1) is 32.7. The molecule has 0 aromatic carbocycles. The predicted molar refractivity (Wildman–Crippen MR) is 148 cm³/mol. The quantitative estimate of drug-likeness (QED) is 0.205. The fourth-order valence-electron chi connectivity index (χ4n) is 3.29. The molecule has 0 aliphatic carbocycles. The zero-order chi connectivity index (χ0) is 28.7. The van der Waals surface area contributed by atoms with Crippen LogP contribution in [0.4, 0.5) is 0 Å². The van der Waals surface area contributed by atoms with Gasteiger partial charge < -0.3 is 25.2 Å². The number of esters is 1. The van der Waals surface area contributed by atoms with E-state index in [4.69, 9.17) is 21.1 Å². The fraction of sp³-hybridized carbons (Fsp3) is 0.483. The highest BCUT2D eigenvalue weighted by Crippen LogP contribution is 2.21. The Morgan fingerprint density at radius 2 is 1.97 bits per heavy atom. The second kappa shape index (κ2) is 16.5. The van der Waals surface area contributed by atoms with Crippen molar-refractivity contribution >= 4 is 29.4 Å². The van der Waals surface area contributed by atoms with Gasteiger partial charge in [-0.1, -0.05) is 69.4 Å². The number of carbonyl (C=O) groups excluding carboxylic acids is 3. The first-order valence-corrected chi connectivity index (χ1v) is 12.8. The SMILES string of the molecule is COC1=CC[C@@H]([C@@H](C)/C=C/C#C/C=C/C(=O)N[C@H](C(=O)N/C=C\C[C@@H](O)C/C=C(\C)Cl)C(C)(C)C)OC1=O. The molecule has 3 N–H and O–H groups in total. The molecule has 1 rings (SSSR count). The molecule has 0 saturated carbocycles. The largest absolute Gasteiger partial charge is 0.490 e. The molecule has 0 bridgehead atoms. The summed E-state index contributed by atoms with van der Waals surface area (Å²) in [5.41, 5.74) is -0.546. The van der Waals surface area contributed by atoms with E-state index in [0.29, 0.717) is 24.3 Å². The van der Waals surface area contributed by atoms with Crippen LogP contribution in [0.25, 0.3) is 0 Å². The van der Waals surface area contributed by atoms with Crippen LogP contribution in [0.5, 0.6) is 0 Å². The summed E-state index contributed by atoms with van der Waals surface area (Å²) in [6.45, 7) is 9.19. The maximum absolute atomic E-state index is 12.7. The Morgan fingerprint density at radius 1 is 1.29 bits per heavy atom. The predicted octanol–water partition coefficient (Wildman–Crippen LogP) is 4.03. The summed E-state index contributed by atoms with van der Waals surface area (Å²) in [4.78, 5) is 36.8. The highest BCUT2D eigenvalue weighted by atomic mass is 35.5. The summed E-state index contributed by atoms with van der Waals surface area (Å²) >= 11 is 5.75. The van der Waals surface area contributed by atoms with E-state index in [2.05, 4.69) is 22.5 Å². The maximum Gasteiger partial charge on any atom is 0.373 e. The number of aliphatic hydroxyl groups is 1. The van der Waals surface area contributed by atoms with E-state index in [1.165, 1.54) is 25.5 Å². The Labute approximate surface area is 230 Å². The summed E-state index contributed by atoms with van der Waals surface area (Å²) in [6, 6.07) is -0.796. The number of hydrogen-bond donors (Lipinski definition) is 3. The van der Waals surface area contributed by atoms with Crippen molar-refractivity contribution in [2.75, 3.05) is 7.11 Å². The average molecular weight is 547 g/mol.